The third kappa shape index (κ3) is 22.5. The minimum Gasteiger partial charge on any atom is -1.00 e. The molecule has 29 heavy (non-hydrogen) atoms. The Morgan fingerprint density at radius 2 is 0.966 bits per heavy atom. The van der Waals surface area contributed by atoms with Crippen LogP contribution in [0, 0.1) is 0 Å². The predicted octanol–water partition coefficient (Wildman–Crippen LogP) is 4.66. The van der Waals surface area contributed by atoms with Gasteiger partial charge in [-0.2, -0.15) is 0 Å². The molecule has 0 aliphatic carbocycles. The summed E-state index contributed by atoms with van der Waals surface area (Å²) in [4.78, 5) is 0. The van der Waals surface area contributed by atoms with E-state index in [1.54, 1.807) is 0 Å². The molecule has 0 radical (unpaired) electrons. The van der Waals surface area contributed by atoms with Gasteiger partial charge in [0, 0.05) is 13.0 Å². The van der Waals surface area contributed by atoms with Crippen LogP contribution in [0.1, 0.15) is 122 Å². The lowest BCUT2D eigenvalue weighted by Crippen LogP contribution is -3.00. The number of hydrogen-bond donors (Lipinski definition) is 1. The van der Waals surface area contributed by atoms with Crippen LogP contribution in [0.3, 0.4) is 0 Å². The molecule has 3 heteroatoms. The van der Waals surface area contributed by atoms with Gasteiger partial charge in [0.1, 0.15) is 0 Å². The van der Waals surface area contributed by atoms with Crippen LogP contribution in [0.4, 0.5) is 0 Å². The molecule has 0 amide bonds. The minimum absolute atomic E-state index is 0. The zero-order chi connectivity index (χ0) is 20.8. The molecule has 1 atom stereocenters. The van der Waals surface area contributed by atoms with Gasteiger partial charge in [-0.3, -0.25) is 0 Å². The number of unbranched alkanes of at least 4 members (excludes halogenated alkanes) is 16. The van der Waals surface area contributed by atoms with E-state index in [1.165, 1.54) is 116 Å². The first kappa shape index (κ1) is 31.1. The van der Waals surface area contributed by atoms with Crippen LogP contribution < -0.4 is 12.4 Å². The van der Waals surface area contributed by atoms with Crippen molar-refractivity contribution in [2.24, 2.45) is 0 Å². The maximum atomic E-state index is 9.08. The predicted molar refractivity (Wildman–Crippen MR) is 127 cm³/mol. The number of halogens is 1. The van der Waals surface area contributed by atoms with Crippen LogP contribution in [-0.4, -0.2) is 42.9 Å². The molecular formula is C26H54ClNO. The van der Waals surface area contributed by atoms with Crippen molar-refractivity contribution in [3.8, 4) is 0 Å². The second-order valence-electron chi connectivity index (χ2n) is 9.27. The second kappa shape index (κ2) is 24.2. The molecule has 0 heterocycles. The van der Waals surface area contributed by atoms with Crippen LogP contribution in [0.2, 0.25) is 0 Å². The maximum absolute atomic E-state index is 9.08. The van der Waals surface area contributed by atoms with Gasteiger partial charge in [-0.1, -0.05) is 110 Å². The summed E-state index contributed by atoms with van der Waals surface area (Å²) in [5.41, 5.74) is 0. The molecule has 1 unspecified atom stereocenters. The molecule has 1 N–H and O–H groups in total. The van der Waals surface area contributed by atoms with Gasteiger partial charge in [0.15, 0.2) is 0 Å². The number of rotatable bonds is 23. The van der Waals surface area contributed by atoms with E-state index in [9.17, 15) is 0 Å². The quantitative estimate of drug-likeness (QED) is 0.142. The van der Waals surface area contributed by atoms with Gasteiger partial charge >= 0.3 is 0 Å². The fourth-order valence-electron chi connectivity index (χ4n) is 4.28. The van der Waals surface area contributed by atoms with Crippen molar-refractivity contribution < 1.29 is 22.0 Å². The summed E-state index contributed by atoms with van der Waals surface area (Å²) in [7, 11) is 2.31. The largest absolute Gasteiger partial charge is 1.00 e. The molecule has 0 aliphatic heterocycles. The Morgan fingerprint density at radius 1 is 0.621 bits per heavy atom. The standard InChI is InChI=1S/C26H54NO.ClH/c1-4-6-7-8-9-10-11-12-13-14-15-16-17-18-19-20-21-24-27(3,23-5-2)25-22-26-28;/h5,28H,2,4,6-26H2,1,3H3;1H/q+1;/p-1. The monoisotopic (exact) mass is 431 g/mol. The van der Waals surface area contributed by atoms with Crippen molar-refractivity contribution in [3.63, 3.8) is 0 Å². The van der Waals surface area contributed by atoms with Gasteiger partial charge in [0.05, 0.1) is 26.7 Å². The smallest absolute Gasteiger partial charge is 0.0969 e. The van der Waals surface area contributed by atoms with Crippen molar-refractivity contribution in [3.05, 3.63) is 12.7 Å². The van der Waals surface area contributed by atoms with Crippen LogP contribution in [0.5, 0.6) is 0 Å². The van der Waals surface area contributed by atoms with E-state index in [0.717, 1.165) is 24.0 Å². The summed E-state index contributed by atoms with van der Waals surface area (Å²) < 4.78 is 1.04. The first-order valence-electron chi connectivity index (χ1n) is 12.7. The van der Waals surface area contributed by atoms with E-state index < -0.39 is 0 Å². The van der Waals surface area contributed by atoms with Crippen molar-refractivity contribution in [2.75, 3.05) is 33.3 Å². The highest BCUT2D eigenvalue weighted by molar-refractivity contribution is 4.65. The normalized spacial score (nSPS) is 13.1. The molecular weight excluding hydrogens is 378 g/mol. The molecule has 0 aliphatic rings. The zero-order valence-electron chi connectivity index (χ0n) is 20.1. The average molecular weight is 432 g/mol. The highest BCUT2D eigenvalue weighted by atomic mass is 35.5. The highest BCUT2D eigenvalue weighted by Gasteiger charge is 2.18. The SMILES string of the molecule is C=CC[N+](C)(CCCO)CCCCCCCCCCCCCCCCCCC.[Cl-]. The Morgan fingerprint density at radius 3 is 1.31 bits per heavy atom. The summed E-state index contributed by atoms with van der Waals surface area (Å²) >= 11 is 0. The van der Waals surface area contributed by atoms with Crippen LogP contribution >= 0.6 is 0 Å². The maximum Gasteiger partial charge on any atom is 0.0969 e. The van der Waals surface area contributed by atoms with Crippen LogP contribution in [-0.2, 0) is 0 Å². The molecule has 176 valence electrons. The topological polar surface area (TPSA) is 20.2 Å². The molecule has 0 aromatic heterocycles. The number of quaternary nitrogens is 1. The molecule has 0 bridgehead atoms. The zero-order valence-corrected chi connectivity index (χ0v) is 20.9. The van der Waals surface area contributed by atoms with Gasteiger partial charge in [0.2, 0.25) is 0 Å². The fraction of sp³-hybridized carbons (Fsp3) is 0.923. The summed E-state index contributed by atoms with van der Waals surface area (Å²) in [5, 5.41) is 9.08. The molecule has 0 aromatic carbocycles. The third-order valence-electron chi connectivity index (χ3n) is 6.23. The lowest BCUT2D eigenvalue weighted by Gasteiger charge is -2.33. The molecule has 0 rings (SSSR count). The number of hydrogen-bond acceptors (Lipinski definition) is 1. The summed E-state index contributed by atoms with van der Waals surface area (Å²) in [6, 6.07) is 0. The van der Waals surface area contributed by atoms with Crippen LogP contribution in [0.15, 0.2) is 12.7 Å². The molecule has 2 nitrogen and oxygen atoms in total. The fourth-order valence-corrected chi connectivity index (χ4v) is 4.28. The third-order valence-corrected chi connectivity index (χ3v) is 6.23. The lowest BCUT2D eigenvalue weighted by molar-refractivity contribution is -0.904. The molecule has 0 saturated heterocycles. The number of aliphatic hydroxyl groups excluding tert-OH is 1. The van der Waals surface area contributed by atoms with E-state index in [1.807, 2.05) is 6.08 Å². The first-order chi connectivity index (χ1) is 13.7. The van der Waals surface area contributed by atoms with Crippen molar-refractivity contribution >= 4 is 0 Å². The number of nitrogens with zero attached hydrogens (tertiary/aromatic N) is 1. The van der Waals surface area contributed by atoms with E-state index in [4.69, 9.17) is 5.11 Å². The van der Waals surface area contributed by atoms with Crippen molar-refractivity contribution in [2.45, 2.75) is 122 Å². The highest BCUT2D eigenvalue weighted by Crippen LogP contribution is 2.15. The lowest BCUT2D eigenvalue weighted by atomic mass is 10.0. The Kier molecular flexibility index (Phi) is 26.0. The Hall–Kier alpha value is -0.0500. The van der Waals surface area contributed by atoms with Gasteiger partial charge in [-0.25, -0.2) is 0 Å². The minimum atomic E-state index is 0. The van der Waals surface area contributed by atoms with Gasteiger partial charge in [-0.05, 0) is 18.9 Å². The number of aliphatic hydroxyl groups is 1. The first-order valence-corrected chi connectivity index (χ1v) is 12.7. The number of likely N-dealkylation sites (N-methyl/N-ethyl adjacent to an activating group) is 1. The van der Waals surface area contributed by atoms with Crippen LogP contribution in [0.25, 0.3) is 0 Å². The van der Waals surface area contributed by atoms with Gasteiger partial charge in [0.25, 0.3) is 0 Å². The molecule has 0 saturated carbocycles. The summed E-state index contributed by atoms with van der Waals surface area (Å²) in [6.07, 6.45) is 27.2. The van der Waals surface area contributed by atoms with E-state index in [-0.39, 0.29) is 12.4 Å². The van der Waals surface area contributed by atoms with Crippen molar-refractivity contribution in [1.82, 2.24) is 0 Å². The average Bonchev–Trinajstić information content (AvgIpc) is 2.69. The van der Waals surface area contributed by atoms with E-state index in [0.29, 0.717) is 6.61 Å². The molecule has 0 spiro atoms. The Balaban J connectivity index is 0. The second-order valence-corrected chi connectivity index (χ2v) is 9.27. The Bertz CT molecular complexity index is 324. The van der Waals surface area contributed by atoms with E-state index >= 15 is 0 Å². The summed E-state index contributed by atoms with van der Waals surface area (Å²) in [5.74, 6) is 0. The van der Waals surface area contributed by atoms with Crippen molar-refractivity contribution in [1.29, 1.82) is 0 Å². The van der Waals surface area contributed by atoms with E-state index in [2.05, 4.69) is 20.6 Å². The molecule has 0 fully saturated rings. The summed E-state index contributed by atoms with van der Waals surface area (Å²) in [6.45, 7) is 9.83. The molecule has 0 aromatic rings. The Labute approximate surface area is 190 Å². The van der Waals surface area contributed by atoms with Gasteiger partial charge in [-0.15, -0.1) is 0 Å². The van der Waals surface area contributed by atoms with Gasteiger partial charge < -0.3 is 22.0 Å².